The monoisotopic (exact) mass is 289 g/mol. The van der Waals surface area contributed by atoms with Gasteiger partial charge in [0.1, 0.15) is 0 Å². The number of anilines is 1. The van der Waals surface area contributed by atoms with Gasteiger partial charge in [0.2, 0.25) is 0 Å². The number of oxazole rings is 1. The van der Waals surface area contributed by atoms with Crippen molar-refractivity contribution in [3.8, 4) is 11.3 Å². The Bertz CT molecular complexity index is 829. The van der Waals surface area contributed by atoms with E-state index < -0.39 is 0 Å². The zero-order chi connectivity index (χ0) is 14.3. The molecule has 0 unspecified atom stereocenters. The Kier molecular flexibility index (Phi) is 3.10. The van der Waals surface area contributed by atoms with E-state index in [1.165, 1.54) is 11.3 Å². The minimum Gasteiger partial charge on any atom is -0.408 e. The molecule has 0 radical (unpaired) electrons. The van der Waals surface area contributed by atoms with Crippen molar-refractivity contribution < 1.29 is 4.42 Å². The fourth-order valence-corrected chi connectivity index (χ4v) is 3.04. The zero-order valence-electron chi connectivity index (χ0n) is 11.3. The van der Waals surface area contributed by atoms with Crippen LogP contribution in [-0.4, -0.2) is 9.55 Å². The van der Waals surface area contributed by atoms with Gasteiger partial charge in [-0.05, 0) is 25.5 Å². The first-order valence-electron chi connectivity index (χ1n) is 6.47. The van der Waals surface area contributed by atoms with Gasteiger partial charge in [0, 0.05) is 17.0 Å². The van der Waals surface area contributed by atoms with Gasteiger partial charge < -0.3 is 10.2 Å². The molecule has 2 aromatic heterocycles. The van der Waals surface area contributed by atoms with Crippen molar-refractivity contribution in [2.45, 2.75) is 26.8 Å². The van der Waals surface area contributed by atoms with Crippen molar-refractivity contribution in [2.75, 3.05) is 5.73 Å². The standard InChI is InChI=1S/C14H15N3O2S/c1-3-6-17-10-5-4-9(7-11(10)19-14(17)18)12-8(2)20-13(15)16-12/h4-5,7H,3,6H2,1-2H3,(H2,15,16). The van der Waals surface area contributed by atoms with Gasteiger partial charge in [0.15, 0.2) is 10.7 Å². The molecule has 0 atom stereocenters. The number of fused-ring (bicyclic) bond motifs is 1. The molecule has 3 rings (SSSR count). The van der Waals surface area contributed by atoms with Gasteiger partial charge in [-0.15, -0.1) is 11.3 Å². The van der Waals surface area contributed by atoms with E-state index in [2.05, 4.69) is 4.98 Å². The second-order valence-corrected chi connectivity index (χ2v) is 5.89. The highest BCUT2D eigenvalue weighted by molar-refractivity contribution is 7.15. The number of hydrogen-bond donors (Lipinski definition) is 1. The summed E-state index contributed by atoms with van der Waals surface area (Å²) >= 11 is 1.46. The summed E-state index contributed by atoms with van der Waals surface area (Å²) < 4.78 is 6.97. The molecule has 0 spiro atoms. The Hall–Kier alpha value is -2.08. The molecule has 0 aliphatic heterocycles. The number of nitrogens with two attached hydrogens (primary N) is 1. The third kappa shape index (κ3) is 2.02. The first kappa shape index (κ1) is 12.9. The summed E-state index contributed by atoms with van der Waals surface area (Å²) in [6.45, 7) is 4.67. The van der Waals surface area contributed by atoms with E-state index in [-0.39, 0.29) is 5.76 Å². The SMILES string of the molecule is CCCn1c(=O)oc2cc(-c3nc(N)sc3C)ccc21. The van der Waals surface area contributed by atoms with Crippen LogP contribution in [0.2, 0.25) is 0 Å². The predicted octanol–water partition coefficient (Wildman–Crippen LogP) is 3.02. The zero-order valence-corrected chi connectivity index (χ0v) is 12.2. The van der Waals surface area contributed by atoms with E-state index in [1.807, 2.05) is 32.0 Å². The van der Waals surface area contributed by atoms with Crippen LogP contribution >= 0.6 is 11.3 Å². The Balaban J connectivity index is 2.17. The Morgan fingerprint density at radius 2 is 2.25 bits per heavy atom. The lowest BCUT2D eigenvalue weighted by atomic mass is 10.1. The van der Waals surface area contributed by atoms with Crippen molar-refractivity contribution in [1.29, 1.82) is 0 Å². The lowest BCUT2D eigenvalue weighted by Gasteiger charge is -2.01. The molecule has 0 saturated carbocycles. The molecule has 3 aromatic rings. The average Bonchev–Trinajstić information content (AvgIpc) is 2.90. The number of aryl methyl sites for hydroxylation is 2. The molecule has 2 N–H and O–H groups in total. The highest BCUT2D eigenvalue weighted by atomic mass is 32.1. The maximum atomic E-state index is 11.8. The molecule has 2 heterocycles. The van der Waals surface area contributed by atoms with Gasteiger partial charge in [-0.3, -0.25) is 4.57 Å². The van der Waals surface area contributed by atoms with E-state index in [0.717, 1.165) is 28.1 Å². The Morgan fingerprint density at radius 1 is 1.45 bits per heavy atom. The number of nitrogens with zero attached hydrogens (tertiary/aromatic N) is 2. The number of aromatic nitrogens is 2. The van der Waals surface area contributed by atoms with Crippen LogP contribution in [0.4, 0.5) is 5.13 Å². The van der Waals surface area contributed by atoms with Crippen molar-refractivity contribution in [3.05, 3.63) is 33.6 Å². The maximum absolute atomic E-state index is 11.8. The smallest absolute Gasteiger partial charge is 0.408 e. The summed E-state index contributed by atoms with van der Waals surface area (Å²) in [5, 5.41) is 0.544. The molecular weight excluding hydrogens is 274 g/mol. The fourth-order valence-electron chi connectivity index (χ4n) is 2.33. The molecular formula is C14H15N3O2S. The summed E-state index contributed by atoms with van der Waals surface area (Å²) in [5.74, 6) is -0.312. The van der Waals surface area contributed by atoms with Crippen molar-refractivity contribution >= 4 is 27.6 Å². The molecule has 20 heavy (non-hydrogen) atoms. The van der Waals surface area contributed by atoms with Gasteiger partial charge >= 0.3 is 5.76 Å². The molecule has 0 amide bonds. The van der Waals surface area contributed by atoms with Gasteiger partial charge in [0.25, 0.3) is 0 Å². The van der Waals surface area contributed by atoms with Crippen LogP contribution in [0.3, 0.4) is 0 Å². The van der Waals surface area contributed by atoms with Crippen LogP contribution in [-0.2, 0) is 6.54 Å². The van der Waals surface area contributed by atoms with E-state index >= 15 is 0 Å². The normalized spacial score (nSPS) is 11.3. The maximum Gasteiger partial charge on any atom is 0.419 e. The minimum atomic E-state index is -0.312. The van der Waals surface area contributed by atoms with Crippen molar-refractivity contribution in [2.24, 2.45) is 0 Å². The Morgan fingerprint density at radius 3 is 2.90 bits per heavy atom. The molecule has 0 fully saturated rings. The van der Waals surface area contributed by atoms with Crippen molar-refractivity contribution in [1.82, 2.24) is 9.55 Å². The van der Waals surface area contributed by atoms with Crippen molar-refractivity contribution in [3.63, 3.8) is 0 Å². The van der Waals surface area contributed by atoms with Crippen LogP contribution in [0.15, 0.2) is 27.4 Å². The molecule has 1 aromatic carbocycles. The lowest BCUT2D eigenvalue weighted by molar-refractivity contribution is 0.502. The topological polar surface area (TPSA) is 74.0 Å². The van der Waals surface area contributed by atoms with E-state index in [0.29, 0.717) is 17.3 Å². The molecule has 0 aliphatic rings. The number of rotatable bonds is 3. The second kappa shape index (κ2) is 4.79. The van der Waals surface area contributed by atoms with Crippen LogP contribution in [0, 0.1) is 6.92 Å². The van der Waals surface area contributed by atoms with E-state index in [4.69, 9.17) is 10.2 Å². The lowest BCUT2D eigenvalue weighted by Crippen LogP contribution is -2.13. The van der Waals surface area contributed by atoms with Gasteiger partial charge in [0.05, 0.1) is 11.2 Å². The molecule has 0 aliphatic carbocycles. The predicted molar refractivity (Wildman–Crippen MR) is 81.0 cm³/mol. The minimum absolute atomic E-state index is 0.312. The molecule has 5 nitrogen and oxygen atoms in total. The molecule has 0 saturated heterocycles. The average molecular weight is 289 g/mol. The fraction of sp³-hybridized carbons (Fsp3) is 0.286. The third-order valence-electron chi connectivity index (χ3n) is 3.20. The number of thiazole rings is 1. The first-order chi connectivity index (χ1) is 9.60. The summed E-state index contributed by atoms with van der Waals surface area (Å²) in [7, 11) is 0. The second-order valence-electron chi connectivity index (χ2n) is 4.66. The van der Waals surface area contributed by atoms with E-state index in [9.17, 15) is 4.79 Å². The summed E-state index contributed by atoms with van der Waals surface area (Å²) in [6, 6.07) is 5.70. The van der Waals surface area contributed by atoms with Crippen LogP contribution in [0.25, 0.3) is 22.4 Å². The summed E-state index contributed by atoms with van der Waals surface area (Å²) in [5.41, 5.74) is 8.90. The molecule has 104 valence electrons. The summed E-state index contributed by atoms with van der Waals surface area (Å²) in [4.78, 5) is 17.2. The largest absolute Gasteiger partial charge is 0.419 e. The highest BCUT2D eigenvalue weighted by Gasteiger charge is 2.13. The number of benzene rings is 1. The summed E-state index contributed by atoms with van der Waals surface area (Å²) in [6.07, 6.45) is 0.887. The third-order valence-corrected chi connectivity index (χ3v) is 4.00. The number of hydrogen-bond acceptors (Lipinski definition) is 5. The number of nitrogen functional groups attached to an aromatic ring is 1. The first-order valence-corrected chi connectivity index (χ1v) is 7.28. The molecule has 6 heteroatoms. The van der Waals surface area contributed by atoms with E-state index in [1.54, 1.807) is 4.57 Å². The van der Waals surface area contributed by atoms with Gasteiger partial charge in [-0.25, -0.2) is 9.78 Å². The van der Waals surface area contributed by atoms with Crippen LogP contribution in [0.5, 0.6) is 0 Å². The van der Waals surface area contributed by atoms with Crippen LogP contribution in [0.1, 0.15) is 18.2 Å². The molecule has 0 bridgehead atoms. The van der Waals surface area contributed by atoms with Gasteiger partial charge in [-0.1, -0.05) is 13.0 Å². The highest BCUT2D eigenvalue weighted by Crippen LogP contribution is 2.30. The van der Waals surface area contributed by atoms with Crippen LogP contribution < -0.4 is 11.5 Å². The Labute approximate surface area is 119 Å². The quantitative estimate of drug-likeness (QED) is 0.804. The van der Waals surface area contributed by atoms with Gasteiger partial charge in [-0.2, -0.15) is 0 Å².